The van der Waals surface area contributed by atoms with Crippen LogP contribution in [0.2, 0.25) is 0 Å². The third-order valence-corrected chi connectivity index (χ3v) is 6.32. The van der Waals surface area contributed by atoms with E-state index in [9.17, 15) is 9.59 Å². The number of benzene rings is 1. The van der Waals surface area contributed by atoms with E-state index >= 15 is 0 Å². The van der Waals surface area contributed by atoms with Crippen LogP contribution in [0.15, 0.2) is 24.3 Å². The van der Waals surface area contributed by atoms with Crippen molar-refractivity contribution in [2.24, 2.45) is 5.92 Å². The van der Waals surface area contributed by atoms with Gasteiger partial charge in [-0.15, -0.1) is 0 Å². The number of carbonyl (C=O) groups is 2. The molecule has 5 nitrogen and oxygen atoms in total. The van der Waals surface area contributed by atoms with E-state index in [-0.39, 0.29) is 29.3 Å². The molecule has 1 spiro atoms. The Bertz CT molecular complexity index is 704. The van der Waals surface area contributed by atoms with E-state index in [0.717, 1.165) is 56.8 Å². The molecule has 28 heavy (non-hydrogen) atoms. The fourth-order valence-corrected chi connectivity index (χ4v) is 4.65. The summed E-state index contributed by atoms with van der Waals surface area (Å²) in [5.74, 6) is 1.55. The molecule has 1 atom stereocenters. The maximum absolute atomic E-state index is 12.8. The van der Waals surface area contributed by atoms with Gasteiger partial charge in [-0.25, -0.2) is 0 Å². The molecule has 0 bridgehead atoms. The van der Waals surface area contributed by atoms with Crippen LogP contribution >= 0.6 is 0 Å². The van der Waals surface area contributed by atoms with Gasteiger partial charge in [0, 0.05) is 57.3 Å². The van der Waals surface area contributed by atoms with Crippen LogP contribution in [0.25, 0.3) is 0 Å². The highest BCUT2D eigenvalue weighted by molar-refractivity contribution is 5.78. The molecule has 2 amide bonds. The SMILES string of the molecule is CCN(CC)C(=O)CC1CC2(CCN(C(=O)C(C)C)CC2)Oc2ccccc21. The van der Waals surface area contributed by atoms with Gasteiger partial charge in [-0.3, -0.25) is 9.59 Å². The molecule has 2 aliphatic rings. The third-order valence-electron chi connectivity index (χ3n) is 6.32. The number of hydrogen-bond donors (Lipinski definition) is 0. The number of likely N-dealkylation sites (tertiary alicyclic amines) is 1. The van der Waals surface area contributed by atoms with E-state index in [1.165, 1.54) is 0 Å². The minimum atomic E-state index is -0.268. The molecule has 1 aromatic rings. The van der Waals surface area contributed by atoms with E-state index in [0.29, 0.717) is 6.42 Å². The topological polar surface area (TPSA) is 49.9 Å². The Hall–Kier alpha value is -2.04. The molecule has 0 N–H and O–H groups in total. The highest BCUT2D eigenvalue weighted by atomic mass is 16.5. The van der Waals surface area contributed by atoms with E-state index in [2.05, 4.69) is 6.07 Å². The van der Waals surface area contributed by atoms with Crippen molar-refractivity contribution in [3.63, 3.8) is 0 Å². The van der Waals surface area contributed by atoms with Gasteiger partial charge in [0.2, 0.25) is 11.8 Å². The van der Waals surface area contributed by atoms with Crippen molar-refractivity contribution in [1.29, 1.82) is 0 Å². The second-order valence-corrected chi connectivity index (χ2v) is 8.47. The van der Waals surface area contributed by atoms with E-state index in [1.807, 2.05) is 55.7 Å². The van der Waals surface area contributed by atoms with Crippen molar-refractivity contribution in [3.05, 3.63) is 29.8 Å². The predicted octanol–water partition coefficient (Wildman–Crippen LogP) is 3.83. The fraction of sp³-hybridized carbons (Fsp3) is 0.652. The van der Waals surface area contributed by atoms with Crippen molar-refractivity contribution in [3.8, 4) is 5.75 Å². The quantitative estimate of drug-likeness (QED) is 0.773. The number of nitrogens with zero attached hydrogens (tertiary/aromatic N) is 2. The molecule has 2 heterocycles. The monoisotopic (exact) mass is 386 g/mol. The normalized spacial score (nSPS) is 20.6. The Kier molecular flexibility index (Phi) is 6.31. The van der Waals surface area contributed by atoms with Crippen molar-refractivity contribution in [2.45, 2.75) is 64.9 Å². The lowest BCUT2D eigenvalue weighted by molar-refractivity contribution is -0.138. The molecule has 154 valence electrons. The van der Waals surface area contributed by atoms with Gasteiger partial charge in [0.1, 0.15) is 11.4 Å². The number of para-hydroxylation sites is 1. The molecular weight excluding hydrogens is 352 g/mol. The lowest BCUT2D eigenvalue weighted by Crippen LogP contribution is -2.52. The van der Waals surface area contributed by atoms with Gasteiger partial charge < -0.3 is 14.5 Å². The summed E-state index contributed by atoms with van der Waals surface area (Å²) in [5, 5.41) is 0. The van der Waals surface area contributed by atoms with Gasteiger partial charge in [-0.05, 0) is 31.9 Å². The average Bonchev–Trinajstić information content (AvgIpc) is 2.69. The zero-order valence-corrected chi connectivity index (χ0v) is 17.7. The van der Waals surface area contributed by atoms with Crippen molar-refractivity contribution < 1.29 is 14.3 Å². The Morgan fingerprint density at radius 3 is 2.43 bits per heavy atom. The maximum Gasteiger partial charge on any atom is 0.225 e. The van der Waals surface area contributed by atoms with Crippen molar-refractivity contribution in [1.82, 2.24) is 9.80 Å². The summed E-state index contributed by atoms with van der Waals surface area (Å²) in [4.78, 5) is 29.0. The van der Waals surface area contributed by atoms with Crippen LogP contribution in [0.4, 0.5) is 0 Å². The average molecular weight is 387 g/mol. The number of rotatable bonds is 5. The summed E-state index contributed by atoms with van der Waals surface area (Å²) in [6.07, 6.45) is 3.03. The number of fused-ring (bicyclic) bond motifs is 1. The number of amides is 2. The second-order valence-electron chi connectivity index (χ2n) is 8.47. The summed E-state index contributed by atoms with van der Waals surface area (Å²) in [6.45, 7) is 10.9. The molecule has 1 unspecified atom stereocenters. The van der Waals surface area contributed by atoms with Crippen LogP contribution in [-0.2, 0) is 9.59 Å². The highest BCUT2D eigenvalue weighted by Crippen LogP contribution is 2.46. The minimum Gasteiger partial charge on any atom is -0.487 e. The van der Waals surface area contributed by atoms with E-state index < -0.39 is 0 Å². The van der Waals surface area contributed by atoms with Crippen LogP contribution in [0.3, 0.4) is 0 Å². The van der Waals surface area contributed by atoms with Gasteiger partial charge in [0.25, 0.3) is 0 Å². The zero-order chi connectivity index (χ0) is 20.3. The Balaban J connectivity index is 1.78. The molecule has 3 rings (SSSR count). The third kappa shape index (κ3) is 4.18. The van der Waals surface area contributed by atoms with Crippen LogP contribution < -0.4 is 4.74 Å². The standard InChI is InChI=1S/C23H34N2O3/c1-5-24(6-2)21(26)15-18-16-23(28-20-10-8-7-9-19(18)20)11-13-25(14-12-23)22(27)17(3)4/h7-10,17-18H,5-6,11-16H2,1-4H3. The lowest BCUT2D eigenvalue weighted by atomic mass is 9.76. The first kappa shape index (κ1) is 20.7. The van der Waals surface area contributed by atoms with E-state index in [1.54, 1.807) is 0 Å². The molecule has 5 heteroatoms. The van der Waals surface area contributed by atoms with Crippen LogP contribution in [-0.4, -0.2) is 53.4 Å². The fourth-order valence-electron chi connectivity index (χ4n) is 4.65. The van der Waals surface area contributed by atoms with Crippen LogP contribution in [0, 0.1) is 5.92 Å². The first-order chi connectivity index (χ1) is 13.4. The number of hydrogen-bond acceptors (Lipinski definition) is 3. The van der Waals surface area contributed by atoms with Crippen LogP contribution in [0.1, 0.15) is 64.9 Å². The van der Waals surface area contributed by atoms with Gasteiger partial charge in [-0.1, -0.05) is 32.0 Å². The summed E-state index contributed by atoms with van der Waals surface area (Å²) in [5.41, 5.74) is 0.880. The molecule has 0 aromatic heterocycles. The highest BCUT2D eigenvalue weighted by Gasteiger charge is 2.44. The first-order valence-electron chi connectivity index (χ1n) is 10.7. The van der Waals surface area contributed by atoms with Crippen LogP contribution in [0.5, 0.6) is 5.75 Å². The van der Waals surface area contributed by atoms with Gasteiger partial charge in [-0.2, -0.15) is 0 Å². The lowest BCUT2D eigenvalue weighted by Gasteiger charge is -2.47. The van der Waals surface area contributed by atoms with Crippen molar-refractivity contribution >= 4 is 11.8 Å². The van der Waals surface area contributed by atoms with Gasteiger partial charge >= 0.3 is 0 Å². The van der Waals surface area contributed by atoms with Gasteiger partial charge in [0.15, 0.2) is 0 Å². The second kappa shape index (κ2) is 8.54. The molecule has 1 aromatic carbocycles. The maximum atomic E-state index is 12.8. The molecule has 0 radical (unpaired) electrons. The smallest absolute Gasteiger partial charge is 0.225 e. The molecular formula is C23H34N2O3. The van der Waals surface area contributed by atoms with Crippen molar-refractivity contribution in [2.75, 3.05) is 26.2 Å². The number of piperidine rings is 1. The molecule has 0 aliphatic carbocycles. The predicted molar refractivity (Wildman–Crippen MR) is 110 cm³/mol. The molecule has 0 saturated carbocycles. The molecule has 1 fully saturated rings. The molecule has 2 aliphatic heterocycles. The summed E-state index contributed by atoms with van der Waals surface area (Å²) < 4.78 is 6.51. The first-order valence-corrected chi connectivity index (χ1v) is 10.7. The van der Waals surface area contributed by atoms with E-state index in [4.69, 9.17) is 4.74 Å². The summed E-state index contributed by atoms with van der Waals surface area (Å²) in [6, 6.07) is 8.15. The number of ether oxygens (including phenoxy) is 1. The zero-order valence-electron chi connectivity index (χ0n) is 17.7. The Labute approximate surface area is 169 Å². The summed E-state index contributed by atoms with van der Waals surface area (Å²) >= 11 is 0. The number of carbonyl (C=O) groups excluding carboxylic acids is 2. The minimum absolute atomic E-state index is 0.0292. The summed E-state index contributed by atoms with van der Waals surface area (Å²) in [7, 11) is 0. The largest absolute Gasteiger partial charge is 0.487 e. The van der Waals surface area contributed by atoms with Gasteiger partial charge in [0.05, 0.1) is 0 Å². The Morgan fingerprint density at radius 2 is 1.82 bits per heavy atom. The molecule has 1 saturated heterocycles. The Morgan fingerprint density at radius 1 is 1.18 bits per heavy atom.